The standard InChI is InChI=1S/C25H34N2O6/c1-6-32-22(31)18-17-21(30)27(16(14-28)15-10-8-7-9-11-15)19(20(29)26-23(2,3)4)25(17)13-12-24(18,5)33-25/h7-11,16-19,28H,6,12-14H2,1-5H3,(H,26,29)/t16-,17+,18+,19?,24-,25?/m1/s1. The summed E-state index contributed by atoms with van der Waals surface area (Å²) >= 11 is 0. The van der Waals surface area contributed by atoms with Crippen LogP contribution in [0.3, 0.4) is 0 Å². The molecule has 3 aliphatic rings. The summed E-state index contributed by atoms with van der Waals surface area (Å²) in [7, 11) is 0. The van der Waals surface area contributed by atoms with Crippen molar-refractivity contribution in [3.63, 3.8) is 0 Å². The lowest BCUT2D eigenvalue weighted by Crippen LogP contribution is -2.59. The molecule has 0 radical (unpaired) electrons. The first-order valence-corrected chi connectivity index (χ1v) is 11.7. The highest BCUT2D eigenvalue weighted by Crippen LogP contribution is 2.64. The van der Waals surface area contributed by atoms with Gasteiger partial charge in [0.15, 0.2) is 0 Å². The quantitative estimate of drug-likeness (QED) is 0.632. The Balaban J connectivity index is 1.84. The zero-order valence-corrected chi connectivity index (χ0v) is 20.0. The summed E-state index contributed by atoms with van der Waals surface area (Å²) in [5.41, 5.74) is -1.85. The monoisotopic (exact) mass is 458 g/mol. The Hall–Kier alpha value is -2.45. The molecular formula is C25H34N2O6. The number of aliphatic hydroxyl groups excluding tert-OH is 1. The zero-order chi connectivity index (χ0) is 24.2. The number of ether oxygens (including phenoxy) is 2. The SMILES string of the molecule is CCOC(=O)[C@@H]1[C@H]2C(=O)N([C@H](CO)c3ccccc3)C(C(=O)NC(C)(C)C)C23CC[C@@]1(C)O3. The summed E-state index contributed by atoms with van der Waals surface area (Å²) in [6, 6.07) is 7.42. The van der Waals surface area contributed by atoms with Crippen molar-refractivity contribution in [2.45, 2.75) is 76.3 Å². The third-order valence-corrected chi connectivity index (χ3v) is 7.19. The van der Waals surface area contributed by atoms with Gasteiger partial charge in [-0.3, -0.25) is 14.4 Å². The van der Waals surface area contributed by atoms with Crippen molar-refractivity contribution in [3.05, 3.63) is 35.9 Å². The molecule has 8 heteroatoms. The molecule has 1 aromatic carbocycles. The number of carbonyl (C=O) groups excluding carboxylic acids is 3. The normalized spacial score (nSPS) is 33.7. The maximum Gasteiger partial charge on any atom is 0.312 e. The van der Waals surface area contributed by atoms with Crippen molar-refractivity contribution in [1.29, 1.82) is 0 Å². The second kappa shape index (κ2) is 8.09. The smallest absolute Gasteiger partial charge is 0.312 e. The molecule has 0 aromatic heterocycles. The van der Waals surface area contributed by atoms with E-state index in [4.69, 9.17) is 9.47 Å². The van der Waals surface area contributed by atoms with Crippen LogP contribution in [0.15, 0.2) is 30.3 Å². The van der Waals surface area contributed by atoms with Crippen LogP contribution in [0.5, 0.6) is 0 Å². The van der Waals surface area contributed by atoms with Crippen molar-refractivity contribution in [3.8, 4) is 0 Å². The fraction of sp³-hybridized carbons (Fsp3) is 0.640. The average Bonchev–Trinajstić information content (AvgIpc) is 3.30. The molecule has 3 heterocycles. The number of hydrogen-bond donors (Lipinski definition) is 2. The van der Waals surface area contributed by atoms with Crippen molar-refractivity contribution < 1.29 is 29.0 Å². The van der Waals surface area contributed by atoms with Crippen LogP contribution in [0, 0.1) is 11.8 Å². The summed E-state index contributed by atoms with van der Waals surface area (Å²) < 4.78 is 11.9. The third kappa shape index (κ3) is 3.64. The van der Waals surface area contributed by atoms with Crippen LogP contribution in [-0.2, 0) is 23.9 Å². The fourth-order valence-electron chi connectivity index (χ4n) is 6.06. The molecule has 2 unspecified atom stereocenters. The Labute approximate surface area is 194 Å². The lowest BCUT2D eigenvalue weighted by atomic mass is 9.66. The first-order chi connectivity index (χ1) is 15.5. The van der Waals surface area contributed by atoms with Crippen LogP contribution in [0.1, 0.15) is 59.1 Å². The number of esters is 1. The van der Waals surface area contributed by atoms with Crippen LogP contribution >= 0.6 is 0 Å². The second-order valence-electron chi connectivity index (χ2n) is 10.6. The van der Waals surface area contributed by atoms with E-state index in [1.54, 1.807) is 6.92 Å². The van der Waals surface area contributed by atoms with Crippen LogP contribution in [0.4, 0.5) is 0 Å². The number of nitrogens with one attached hydrogen (secondary N) is 1. The molecular weight excluding hydrogens is 424 g/mol. The molecule has 33 heavy (non-hydrogen) atoms. The fourth-order valence-corrected chi connectivity index (χ4v) is 6.06. The number of benzene rings is 1. The van der Waals surface area contributed by atoms with E-state index in [2.05, 4.69) is 5.32 Å². The lowest BCUT2D eigenvalue weighted by Gasteiger charge is -2.38. The molecule has 0 saturated carbocycles. The Bertz CT molecular complexity index is 944. The highest BCUT2D eigenvalue weighted by Gasteiger charge is 2.79. The molecule has 3 saturated heterocycles. The molecule has 3 fully saturated rings. The molecule has 180 valence electrons. The number of carbonyl (C=O) groups is 3. The summed E-state index contributed by atoms with van der Waals surface area (Å²) in [5, 5.41) is 13.4. The molecule has 4 rings (SSSR count). The number of hydrogen-bond acceptors (Lipinski definition) is 6. The average molecular weight is 459 g/mol. The van der Waals surface area contributed by atoms with Crippen LogP contribution in [0.25, 0.3) is 0 Å². The molecule has 2 bridgehead atoms. The van der Waals surface area contributed by atoms with E-state index in [0.29, 0.717) is 18.4 Å². The van der Waals surface area contributed by atoms with Gasteiger partial charge in [0.05, 0.1) is 30.8 Å². The van der Waals surface area contributed by atoms with Gasteiger partial charge in [-0.25, -0.2) is 0 Å². The molecule has 2 N–H and O–H groups in total. The minimum absolute atomic E-state index is 0.195. The van der Waals surface area contributed by atoms with Gasteiger partial charge in [-0.2, -0.15) is 0 Å². The van der Waals surface area contributed by atoms with Gasteiger partial charge < -0.3 is 24.8 Å². The van der Waals surface area contributed by atoms with E-state index in [0.717, 1.165) is 0 Å². The Morgan fingerprint density at radius 3 is 2.52 bits per heavy atom. The predicted molar refractivity (Wildman–Crippen MR) is 120 cm³/mol. The second-order valence-corrected chi connectivity index (χ2v) is 10.6. The first-order valence-electron chi connectivity index (χ1n) is 11.7. The largest absolute Gasteiger partial charge is 0.466 e. The van der Waals surface area contributed by atoms with E-state index < -0.39 is 46.6 Å². The molecule has 3 aliphatic heterocycles. The number of rotatable bonds is 6. The van der Waals surface area contributed by atoms with Crippen LogP contribution < -0.4 is 5.32 Å². The van der Waals surface area contributed by atoms with E-state index >= 15 is 0 Å². The highest BCUT2D eigenvalue weighted by molar-refractivity contribution is 5.99. The van der Waals surface area contributed by atoms with Gasteiger partial charge in [0.2, 0.25) is 11.8 Å². The summed E-state index contributed by atoms with van der Waals surface area (Å²) in [6.07, 6.45) is 1.02. The van der Waals surface area contributed by atoms with Crippen molar-refractivity contribution in [1.82, 2.24) is 10.2 Å². The van der Waals surface area contributed by atoms with Crippen molar-refractivity contribution in [2.24, 2.45) is 11.8 Å². The van der Waals surface area contributed by atoms with Crippen LogP contribution in [-0.4, -0.2) is 63.8 Å². The first kappa shape index (κ1) is 23.7. The van der Waals surface area contributed by atoms with Crippen LogP contribution in [0.2, 0.25) is 0 Å². The van der Waals surface area contributed by atoms with Gasteiger partial charge in [0, 0.05) is 5.54 Å². The molecule has 0 aliphatic carbocycles. The number of nitrogens with zero attached hydrogens (tertiary/aromatic N) is 1. The third-order valence-electron chi connectivity index (χ3n) is 7.19. The van der Waals surface area contributed by atoms with E-state index in [1.807, 2.05) is 58.0 Å². The molecule has 1 spiro atoms. The summed E-state index contributed by atoms with van der Waals surface area (Å²) in [6.45, 7) is 9.01. The van der Waals surface area contributed by atoms with Gasteiger partial charge in [0.1, 0.15) is 17.6 Å². The van der Waals surface area contributed by atoms with Gasteiger partial charge >= 0.3 is 5.97 Å². The molecule has 1 aromatic rings. The molecule has 8 nitrogen and oxygen atoms in total. The number of fused-ring (bicyclic) bond motifs is 1. The van der Waals surface area contributed by atoms with Gasteiger partial charge in [-0.1, -0.05) is 30.3 Å². The number of aliphatic hydroxyl groups is 1. The van der Waals surface area contributed by atoms with Gasteiger partial charge in [-0.05, 0) is 53.0 Å². The number of likely N-dealkylation sites (tertiary alicyclic amines) is 1. The minimum Gasteiger partial charge on any atom is -0.466 e. The maximum atomic E-state index is 14.0. The Morgan fingerprint density at radius 1 is 1.27 bits per heavy atom. The zero-order valence-electron chi connectivity index (χ0n) is 20.0. The van der Waals surface area contributed by atoms with E-state index in [9.17, 15) is 19.5 Å². The topological polar surface area (TPSA) is 105 Å². The maximum absolute atomic E-state index is 14.0. The van der Waals surface area contributed by atoms with E-state index in [-0.39, 0.29) is 25.0 Å². The van der Waals surface area contributed by atoms with Crippen molar-refractivity contribution in [2.75, 3.05) is 13.2 Å². The predicted octanol–water partition coefficient (Wildman–Crippen LogP) is 1.96. The van der Waals surface area contributed by atoms with Gasteiger partial charge in [0.25, 0.3) is 0 Å². The highest BCUT2D eigenvalue weighted by atomic mass is 16.6. The number of amides is 2. The molecule has 2 amide bonds. The Morgan fingerprint density at radius 2 is 1.94 bits per heavy atom. The summed E-state index contributed by atoms with van der Waals surface area (Å²) in [4.78, 5) is 42.2. The minimum atomic E-state index is -1.15. The molecule has 6 atom stereocenters. The van der Waals surface area contributed by atoms with Gasteiger partial charge in [-0.15, -0.1) is 0 Å². The Kier molecular flexibility index (Phi) is 5.81. The summed E-state index contributed by atoms with van der Waals surface area (Å²) in [5.74, 6) is -2.82. The van der Waals surface area contributed by atoms with Crippen molar-refractivity contribution >= 4 is 17.8 Å². The van der Waals surface area contributed by atoms with E-state index in [1.165, 1.54) is 4.90 Å². The lowest BCUT2D eigenvalue weighted by molar-refractivity contribution is -0.160.